The summed E-state index contributed by atoms with van der Waals surface area (Å²) in [5.41, 5.74) is 1.20. The van der Waals surface area contributed by atoms with Crippen LogP contribution >= 0.6 is 27.5 Å². The van der Waals surface area contributed by atoms with E-state index < -0.39 is 0 Å². The maximum atomic E-state index is 6.00. The number of hydrogen-bond acceptors (Lipinski definition) is 2. The quantitative estimate of drug-likeness (QED) is 0.829. The molecule has 1 heterocycles. The smallest absolute Gasteiger partial charge is 0.107 e. The zero-order valence-electron chi connectivity index (χ0n) is 10.8. The van der Waals surface area contributed by atoms with Gasteiger partial charge in [-0.2, -0.15) is 0 Å². The number of halogens is 2. The third kappa shape index (κ3) is 4.06. The molecule has 3 nitrogen and oxygen atoms in total. The number of imidazole rings is 1. The Morgan fingerprint density at radius 1 is 1.47 bits per heavy atom. The molecule has 102 valence electrons. The summed E-state index contributed by atoms with van der Waals surface area (Å²) < 4.78 is 1.03. The van der Waals surface area contributed by atoms with Crippen LogP contribution in [0.4, 0.5) is 0 Å². The lowest BCUT2D eigenvalue weighted by Crippen LogP contribution is -2.24. The van der Waals surface area contributed by atoms with Gasteiger partial charge in [-0.15, -0.1) is 0 Å². The van der Waals surface area contributed by atoms with Crippen molar-refractivity contribution in [3.8, 4) is 0 Å². The Morgan fingerprint density at radius 3 is 2.95 bits per heavy atom. The van der Waals surface area contributed by atoms with Gasteiger partial charge in [0.25, 0.3) is 0 Å². The number of nitrogens with one attached hydrogen (secondary N) is 2. The normalized spacial score (nSPS) is 12.6. The second kappa shape index (κ2) is 7.08. The lowest BCUT2D eigenvalue weighted by atomic mass is 10.0. The molecule has 5 heteroatoms. The Hall–Kier alpha value is -0.840. The number of nitrogens with zero attached hydrogens (tertiary/aromatic N) is 1. The average Bonchev–Trinajstić information content (AvgIpc) is 2.88. The van der Waals surface area contributed by atoms with E-state index in [9.17, 15) is 0 Å². The van der Waals surface area contributed by atoms with Gasteiger partial charge in [0.15, 0.2) is 0 Å². The fraction of sp³-hybridized carbons (Fsp3) is 0.357. The van der Waals surface area contributed by atoms with E-state index >= 15 is 0 Å². The Morgan fingerprint density at radius 2 is 2.32 bits per heavy atom. The summed E-state index contributed by atoms with van der Waals surface area (Å²) >= 11 is 9.59. The first-order chi connectivity index (χ1) is 9.20. The van der Waals surface area contributed by atoms with Gasteiger partial charge in [0.1, 0.15) is 5.82 Å². The topological polar surface area (TPSA) is 40.7 Å². The molecule has 1 aromatic carbocycles. The van der Waals surface area contributed by atoms with E-state index in [1.54, 1.807) is 6.20 Å². The van der Waals surface area contributed by atoms with Gasteiger partial charge in [-0.3, -0.25) is 0 Å². The highest BCUT2D eigenvalue weighted by atomic mass is 79.9. The van der Waals surface area contributed by atoms with Crippen LogP contribution in [-0.2, 0) is 6.42 Å². The van der Waals surface area contributed by atoms with Crippen LogP contribution in [-0.4, -0.2) is 16.5 Å². The first-order valence-corrected chi connectivity index (χ1v) is 7.54. The van der Waals surface area contributed by atoms with E-state index in [4.69, 9.17) is 11.6 Å². The first kappa shape index (κ1) is 14.6. The molecular weight excluding hydrogens is 326 g/mol. The molecule has 0 aliphatic rings. The monoisotopic (exact) mass is 341 g/mol. The minimum atomic E-state index is 0.220. The lowest BCUT2D eigenvalue weighted by molar-refractivity contribution is 0.518. The lowest BCUT2D eigenvalue weighted by Gasteiger charge is -2.19. The molecule has 0 spiro atoms. The standard InChI is InChI=1S/C14H17BrClN3/c1-2-5-17-13(9-14-18-6-7-19-14)11-4-3-10(16)8-12(11)15/h3-4,6-8,13,17H,2,5,9H2,1H3,(H,18,19). The number of rotatable bonds is 6. The minimum absolute atomic E-state index is 0.220. The van der Waals surface area contributed by atoms with Gasteiger partial charge < -0.3 is 10.3 Å². The molecule has 19 heavy (non-hydrogen) atoms. The van der Waals surface area contributed by atoms with Crippen LogP contribution < -0.4 is 5.32 Å². The van der Waals surface area contributed by atoms with Gasteiger partial charge in [0, 0.05) is 34.4 Å². The van der Waals surface area contributed by atoms with E-state index in [2.05, 4.69) is 44.2 Å². The van der Waals surface area contributed by atoms with Crippen LogP contribution in [0.25, 0.3) is 0 Å². The average molecular weight is 343 g/mol. The van der Waals surface area contributed by atoms with Crippen molar-refractivity contribution in [1.29, 1.82) is 0 Å². The highest BCUT2D eigenvalue weighted by Gasteiger charge is 2.15. The second-order valence-corrected chi connectivity index (χ2v) is 5.70. The largest absolute Gasteiger partial charge is 0.349 e. The van der Waals surface area contributed by atoms with Gasteiger partial charge in [-0.25, -0.2) is 4.98 Å². The minimum Gasteiger partial charge on any atom is -0.349 e. The van der Waals surface area contributed by atoms with Crippen molar-refractivity contribution in [3.63, 3.8) is 0 Å². The summed E-state index contributed by atoms with van der Waals surface area (Å²) in [4.78, 5) is 7.45. The maximum Gasteiger partial charge on any atom is 0.107 e. The molecule has 0 aliphatic carbocycles. The summed E-state index contributed by atoms with van der Waals surface area (Å²) in [6.07, 6.45) is 5.55. The van der Waals surface area contributed by atoms with Crippen LogP contribution in [0, 0.1) is 0 Å². The van der Waals surface area contributed by atoms with E-state index in [1.165, 1.54) is 5.56 Å². The third-order valence-corrected chi connectivity index (χ3v) is 3.85. The summed E-state index contributed by atoms with van der Waals surface area (Å²) in [7, 11) is 0. The number of benzene rings is 1. The van der Waals surface area contributed by atoms with Crippen molar-refractivity contribution in [1.82, 2.24) is 15.3 Å². The van der Waals surface area contributed by atoms with Crippen molar-refractivity contribution < 1.29 is 0 Å². The fourth-order valence-electron chi connectivity index (χ4n) is 2.00. The molecule has 2 aromatic rings. The van der Waals surface area contributed by atoms with Gasteiger partial charge >= 0.3 is 0 Å². The SMILES string of the molecule is CCCNC(Cc1ncc[nH]1)c1ccc(Cl)cc1Br. The molecular formula is C14H17BrClN3. The molecule has 0 bridgehead atoms. The summed E-state index contributed by atoms with van der Waals surface area (Å²) in [6.45, 7) is 3.13. The first-order valence-electron chi connectivity index (χ1n) is 6.37. The number of H-pyrrole nitrogens is 1. The molecule has 0 fully saturated rings. The Balaban J connectivity index is 2.20. The Bertz CT molecular complexity index is 513. The van der Waals surface area contributed by atoms with E-state index in [1.807, 2.05) is 18.3 Å². The third-order valence-electron chi connectivity index (χ3n) is 2.93. The van der Waals surface area contributed by atoms with Crippen LogP contribution in [0.5, 0.6) is 0 Å². The molecule has 2 N–H and O–H groups in total. The van der Waals surface area contributed by atoms with Crippen LogP contribution in [0.1, 0.15) is 30.8 Å². The molecule has 0 saturated carbocycles. The van der Waals surface area contributed by atoms with E-state index in [0.29, 0.717) is 0 Å². The van der Waals surface area contributed by atoms with Crippen molar-refractivity contribution in [2.75, 3.05) is 6.54 Å². The molecule has 1 aromatic heterocycles. The van der Waals surface area contributed by atoms with Crippen molar-refractivity contribution >= 4 is 27.5 Å². The van der Waals surface area contributed by atoms with E-state index in [-0.39, 0.29) is 6.04 Å². The summed E-state index contributed by atoms with van der Waals surface area (Å²) in [5.74, 6) is 0.982. The summed E-state index contributed by atoms with van der Waals surface area (Å²) in [6, 6.07) is 6.13. The van der Waals surface area contributed by atoms with Gasteiger partial charge in [0.2, 0.25) is 0 Å². The number of aromatic nitrogens is 2. The van der Waals surface area contributed by atoms with Crippen LogP contribution in [0.3, 0.4) is 0 Å². The zero-order chi connectivity index (χ0) is 13.7. The predicted molar refractivity (Wildman–Crippen MR) is 82.5 cm³/mol. The number of aromatic amines is 1. The van der Waals surface area contributed by atoms with Crippen LogP contribution in [0.15, 0.2) is 35.1 Å². The zero-order valence-corrected chi connectivity index (χ0v) is 13.1. The predicted octanol–water partition coefficient (Wildman–Crippen LogP) is 4.11. The van der Waals surface area contributed by atoms with Gasteiger partial charge in [-0.1, -0.05) is 40.5 Å². The molecule has 2 rings (SSSR count). The molecule has 0 amide bonds. The Kier molecular flexibility index (Phi) is 5.43. The van der Waals surface area contributed by atoms with Crippen molar-refractivity contribution in [2.45, 2.75) is 25.8 Å². The van der Waals surface area contributed by atoms with Crippen molar-refractivity contribution in [2.24, 2.45) is 0 Å². The van der Waals surface area contributed by atoms with Gasteiger partial charge in [0.05, 0.1) is 0 Å². The fourth-order valence-corrected chi connectivity index (χ4v) is 2.96. The highest BCUT2D eigenvalue weighted by molar-refractivity contribution is 9.10. The summed E-state index contributed by atoms with van der Waals surface area (Å²) in [5, 5.41) is 4.29. The molecule has 0 saturated heterocycles. The Labute approximate surface area is 126 Å². The van der Waals surface area contributed by atoms with E-state index in [0.717, 1.165) is 34.7 Å². The molecule has 1 atom stereocenters. The second-order valence-electron chi connectivity index (χ2n) is 4.41. The molecule has 1 unspecified atom stereocenters. The maximum absolute atomic E-state index is 6.00. The molecule has 0 aliphatic heterocycles. The van der Waals surface area contributed by atoms with Crippen LogP contribution in [0.2, 0.25) is 5.02 Å². The highest BCUT2D eigenvalue weighted by Crippen LogP contribution is 2.28. The molecule has 0 radical (unpaired) electrons. The van der Waals surface area contributed by atoms with Crippen molar-refractivity contribution in [3.05, 3.63) is 51.5 Å². The van der Waals surface area contributed by atoms with Gasteiger partial charge in [-0.05, 0) is 30.7 Å². The number of hydrogen-bond donors (Lipinski definition) is 2.